The summed E-state index contributed by atoms with van der Waals surface area (Å²) in [5.41, 5.74) is 0.964. The number of aryl methyl sites for hydroxylation is 1. The molecule has 4 heteroatoms. The Bertz CT molecular complexity index is 812. The largest absolute Gasteiger partial charge is 0.310 e. The van der Waals surface area contributed by atoms with Gasteiger partial charge in [0.05, 0.1) is 5.75 Å². The van der Waals surface area contributed by atoms with Crippen molar-refractivity contribution in [3.63, 3.8) is 0 Å². The molecule has 3 nitrogen and oxygen atoms in total. The van der Waals surface area contributed by atoms with E-state index >= 15 is 0 Å². The summed E-state index contributed by atoms with van der Waals surface area (Å²) in [6.07, 6.45) is 1.68. The smallest absolute Gasteiger partial charge is 0.235 e. The summed E-state index contributed by atoms with van der Waals surface area (Å²) in [4.78, 5) is 17.4. The molecule has 110 valence electrons. The van der Waals surface area contributed by atoms with Crippen LogP contribution in [0.1, 0.15) is 5.56 Å². The number of pyridine rings is 1. The molecular weight excluding hydrogens is 292 g/mol. The minimum atomic E-state index is -0.0419. The van der Waals surface area contributed by atoms with Crippen molar-refractivity contribution in [2.75, 3.05) is 11.1 Å². The molecule has 1 N–H and O–H groups in total. The zero-order valence-corrected chi connectivity index (χ0v) is 13.1. The summed E-state index contributed by atoms with van der Waals surface area (Å²) in [5.74, 6) is 0.954. The van der Waals surface area contributed by atoms with E-state index < -0.39 is 0 Å². The zero-order chi connectivity index (χ0) is 15.4. The Kier molecular flexibility index (Phi) is 4.39. The maximum Gasteiger partial charge on any atom is 0.235 e. The lowest BCUT2D eigenvalue weighted by molar-refractivity contribution is -0.113. The summed E-state index contributed by atoms with van der Waals surface area (Å²) < 4.78 is 0. The van der Waals surface area contributed by atoms with Crippen molar-refractivity contribution in [3.8, 4) is 0 Å². The molecule has 0 aliphatic heterocycles. The minimum Gasteiger partial charge on any atom is -0.310 e. The fourth-order valence-corrected chi connectivity index (χ4v) is 3.12. The highest BCUT2D eigenvalue weighted by molar-refractivity contribution is 8.00. The first kappa shape index (κ1) is 14.6. The molecule has 0 aliphatic rings. The third-order valence-electron chi connectivity index (χ3n) is 3.38. The van der Waals surface area contributed by atoms with Crippen LogP contribution < -0.4 is 5.32 Å². The number of nitrogens with zero attached hydrogens (tertiary/aromatic N) is 1. The van der Waals surface area contributed by atoms with E-state index in [4.69, 9.17) is 0 Å². The number of rotatable bonds is 4. The van der Waals surface area contributed by atoms with Gasteiger partial charge in [-0.2, -0.15) is 0 Å². The molecule has 0 bridgehead atoms. The molecule has 0 saturated carbocycles. The van der Waals surface area contributed by atoms with Gasteiger partial charge in [-0.15, -0.1) is 11.8 Å². The van der Waals surface area contributed by atoms with Gasteiger partial charge in [-0.1, -0.05) is 42.5 Å². The second-order valence-corrected chi connectivity index (χ2v) is 6.00. The normalized spacial score (nSPS) is 10.6. The average molecular weight is 308 g/mol. The van der Waals surface area contributed by atoms with Gasteiger partial charge in [-0.05, 0) is 35.4 Å². The maximum absolute atomic E-state index is 12.1. The number of fused-ring (bicyclic) bond motifs is 1. The zero-order valence-electron chi connectivity index (χ0n) is 12.2. The number of nitrogens with one attached hydrogen (secondary N) is 1. The Hall–Kier alpha value is -2.33. The van der Waals surface area contributed by atoms with Gasteiger partial charge in [0.2, 0.25) is 5.91 Å². The summed E-state index contributed by atoms with van der Waals surface area (Å²) in [6.45, 7) is 1.93. The molecule has 0 fully saturated rings. The van der Waals surface area contributed by atoms with E-state index in [0.717, 1.165) is 10.5 Å². The molecule has 3 rings (SSSR count). The van der Waals surface area contributed by atoms with Crippen molar-refractivity contribution in [2.24, 2.45) is 0 Å². The van der Waals surface area contributed by atoms with Crippen LogP contribution in [0.15, 0.2) is 65.7 Å². The Balaban J connectivity index is 1.69. The first-order valence-electron chi connectivity index (χ1n) is 7.06. The molecule has 3 aromatic rings. The van der Waals surface area contributed by atoms with Crippen LogP contribution in [0.2, 0.25) is 0 Å². The quantitative estimate of drug-likeness (QED) is 0.732. The number of hydrogen-bond donors (Lipinski definition) is 1. The van der Waals surface area contributed by atoms with Crippen molar-refractivity contribution in [1.29, 1.82) is 0 Å². The summed E-state index contributed by atoms with van der Waals surface area (Å²) in [6, 6.07) is 18.1. The fourth-order valence-electron chi connectivity index (χ4n) is 2.25. The highest BCUT2D eigenvalue weighted by Gasteiger charge is 2.08. The molecular formula is C18H16N2OS. The van der Waals surface area contributed by atoms with E-state index in [1.165, 1.54) is 10.8 Å². The lowest BCUT2D eigenvalue weighted by atomic mass is 10.1. The van der Waals surface area contributed by atoms with Gasteiger partial charge in [0.1, 0.15) is 5.82 Å². The van der Waals surface area contributed by atoms with Gasteiger partial charge >= 0.3 is 0 Å². The summed E-state index contributed by atoms with van der Waals surface area (Å²) in [7, 11) is 0. The maximum atomic E-state index is 12.1. The third-order valence-corrected chi connectivity index (χ3v) is 4.45. The molecule has 0 atom stereocenters. The van der Waals surface area contributed by atoms with E-state index in [-0.39, 0.29) is 5.91 Å². The summed E-state index contributed by atoms with van der Waals surface area (Å²) >= 11 is 1.54. The lowest BCUT2D eigenvalue weighted by Crippen LogP contribution is -2.15. The highest BCUT2D eigenvalue weighted by atomic mass is 32.2. The topological polar surface area (TPSA) is 42.0 Å². The van der Waals surface area contributed by atoms with E-state index in [9.17, 15) is 4.79 Å². The molecule has 0 aliphatic carbocycles. The van der Waals surface area contributed by atoms with Crippen LogP contribution in [0.4, 0.5) is 5.82 Å². The van der Waals surface area contributed by atoms with Gasteiger partial charge in [-0.25, -0.2) is 4.98 Å². The Morgan fingerprint density at radius 1 is 1.09 bits per heavy atom. The van der Waals surface area contributed by atoms with Crippen LogP contribution in [0, 0.1) is 6.92 Å². The van der Waals surface area contributed by atoms with Crippen LogP contribution >= 0.6 is 11.8 Å². The summed E-state index contributed by atoms with van der Waals surface area (Å²) in [5, 5.41) is 5.22. The predicted molar refractivity (Wildman–Crippen MR) is 92.3 cm³/mol. The van der Waals surface area contributed by atoms with Crippen LogP contribution in [0.5, 0.6) is 0 Å². The van der Waals surface area contributed by atoms with Gasteiger partial charge < -0.3 is 5.32 Å². The first-order valence-corrected chi connectivity index (χ1v) is 8.04. The number of aromatic nitrogens is 1. The molecule has 2 aromatic carbocycles. The monoisotopic (exact) mass is 308 g/mol. The second-order valence-electron chi connectivity index (χ2n) is 4.98. The molecule has 0 saturated heterocycles. The van der Waals surface area contributed by atoms with Gasteiger partial charge in [0.25, 0.3) is 0 Å². The first-order chi connectivity index (χ1) is 10.7. The Morgan fingerprint density at radius 2 is 1.91 bits per heavy atom. The Morgan fingerprint density at radius 3 is 2.77 bits per heavy atom. The molecule has 1 heterocycles. The Labute approximate surface area is 133 Å². The van der Waals surface area contributed by atoms with Crippen molar-refractivity contribution >= 4 is 34.3 Å². The number of thioether (sulfide) groups is 1. The number of carbonyl (C=O) groups excluding carboxylic acids is 1. The van der Waals surface area contributed by atoms with Crippen LogP contribution in [-0.2, 0) is 4.79 Å². The van der Waals surface area contributed by atoms with Gasteiger partial charge in [-0.3, -0.25) is 4.79 Å². The predicted octanol–water partition coefficient (Wildman–Crippen LogP) is 4.27. The number of anilines is 1. The highest BCUT2D eigenvalue weighted by Crippen LogP contribution is 2.27. The molecule has 1 aromatic heterocycles. The average Bonchev–Trinajstić information content (AvgIpc) is 2.55. The van der Waals surface area contributed by atoms with Gasteiger partial charge in [0, 0.05) is 11.1 Å². The molecule has 22 heavy (non-hydrogen) atoms. The fraction of sp³-hybridized carbons (Fsp3) is 0.111. The molecule has 0 radical (unpaired) electrons. The van der Waals surface area contributed by atoms with Crippen LogP contribution in [-0.4, -0.2) is 16.6 Å². The van der Waals surface area contributed by atoms with Gasteiger partial charge in [0.15, 0.2) is 0 Å². The van der Waals surface area contributed by atoms with Crippen molar-refractivity contribution in [1.82, 2.24) is 4.98 Å². The number of amides is 1. The van der Waals surface area contributed by atoms with E-state index in [1.807, 2.05) is 43.3 Å². The number of hydrogen-bond acceptors (Lipinski definition) is 3. The second kappa shape index (κ2) is 6.62. The number of carbonyl (C=O) groups is 1. The van der Waals surface area contributed by atoms with E-state index in [0.29, 0.717) is 11.6 Å². The third kappa shape index (κ3) is 3.28. The number of benzene rings is 2. The van der Waals surface area contributed by atoms with E-state index in [2.05, 4.69) is 28.5 Å². The van der Waals surface area contributed by atoms with Crippen molar-refractivity contribution in [2.45, 2.75) is 11.8 Å². The van der Waals surface area contributed by atoms with Crippen LogP contribution in [0.3, 0.4) is 0 Å². The molecule has 0 spiro atoms. The van der Waals surface area contributed by atoms with Crippen molar-refractivity contribution in [3.05, 3.63) is 66.4 Å². The van der Waals surface area contributed by atoms with Crippen LogP contribution in [0.25, 0.3) is 10.8 Å². The molecule has 1 amide bonds. The van der Waals surface area contributed by atoms with E-state index in [1.54, 1.807) is 18.0 Å². The lowest BCUT2D eigenvalue weighted by Gasteiger charge is -2.08. The SMILES string of the molecule is Cc1cccnc1NC(=O)CSc1cccc2ccccc12. The van der Waals surface area contributed by atoms with Crippen molar-refractivity contribution < 1.29 is 4.79 Å². The standard InChI is InChI=1S/C18H16N2OS/c1-13-6-5-11-19-18(13)20-17(21)12-22-16-10-4-8-14-7-2-3-9-15(14)16/h2-11H,12H2,1H3,(H,19,20,21). The minimum absolute atomic E-state index is 0.0419. The molecule has 0 unspecified atom stereocenters.